The van der Waals surface area contributed by atoms with Gasteiger partial charge in [0.25, 0.3) is 0 Å². The maximum Gasteiger partial charge on any atom is 0.222 e. The molecule has 6 heteroatoms. The van der Waals surface area contributed by atoms with Gasteiger partial charge in [-0.3, -0.25) is 4.79 Å². The van der Waals surface area contributed by atoms with E-state index in [1.54, 1.807) is 30.3 Å². The molecule has 2 aromatic carbocycles. The van der Waals surface area contributed by atoms with Crippen LogP contribution in [-0.4, -0.2) is 18.6 Å². The van der Waals surface area contributed by atoms with Crippen molar-refractivity contribution in [3.05, 3.63) is 64.4 Å². The summed E-state index contributed by atoms with van der Waals surface area (Å²) < 4.78 is 26.4. The van der Waals surface area contributed by atoms with Gasteiger partial charge in [-0.25, -0.2) is 4.39 Å². The first-order valence-corrected chi connectivity index (χ1v) is 10.2. The number of carbonyl (C=O) groups excluding carboxylic acids is 1. The first-order valence-electron chi connectivity index (χ1n) is 9.78. The van der Waals surface area contributed by atoms with Crippen molar-refractivity contribution in [3.8, 4) is 5.75 Å². The van der Waals surface area contributed by atoms with Crippen LogP contribution in [-0.2, 0) is 9.53 Å². The highest BCUT2D eigenvalue weighted by atomic mass is 35.5. The number of halogens is 2. The Kier molecular flexibility index (Phi) is 6.49. The SMILES string of the molecule is COc1cccc([C@H]2C[C@@](C)(NC(=O)C(C)C)C[C@@H](c3ccc(Cl)cc3)O2)c1F. The van der Waals surface area contributed by atoms with Crippen LogP contribution in [0.4, 0.5) is 4.39 Å². The highest BCUT2D eigenvalue weighted by Gasteiger charge is 2.41. The molecule has 1 saturated heterocycles. The fourth-order valence-electron chi connectivity index (χ4n) is 3.73. The predicted molar refractivity (Wildman–Crippen MR) is 112 cm³/mol. The van der Waals surface area contributed by atoms with Crippen LogP contribution in [0.5, 0.6) is 5.75 Å². The Bertz CT molecular complexity index is 871. The molecule has 3 atom stereocenters. The molecule has 1 heterocycles. The second-order valence-electron chi connectivity index (χ2n) is 8.14. The van der Waals surface area contributed by atoms with Gasteiger partial charge in [-0.15, -0.1) is 0 Å². The van der Waals surface area contributed by atoms with Crippen LogP contribution in [0.3, 0.4) is 0 Å². The van der Waals surface area contributed by atoms with E-state index in [2.05, 4.69) is 5.32 Å². The number of carbonyl (C=O) groups is 1. The summed E-state index contributed by atoms with van der Waals surface area (Å²) in [5.74, 6) is -0.438. The molecule has 29 heavy (non-hydrogen) atoms. The summed E-state index contributed by atoms with van der Waals surface area (Å²) >= 11 is 6.03. The molecular weight excluding hydrogens is 393 g/mol. The van der Waals surface area contributed by atoms with Gasteiger partial charge in [0.2, 0.25) is 5.91 Å². The van der Waals surface area contributed by atoms with Gasteiger partial charge < -0.3 is 14.8 Å². The monoisotopic (exact) mass is 419 g/mol. The number of hydrogen-bond donors (Lipinski definition) is 1. The third kappa shape index (κ3) is 4.90. The summed E-state index contributed by atoms with van der Waals surface area (Å²) in [7, 11) is 1.44. The van der Waals surface area contributed by atoms with Crippen LogP contribution in [0.15, 0.2) is 42.5 Å². The molecule has 3 rings (SSSR count). The maximum absolute atomic E-state index is 15.0. The fourth-order valence-corrected chi connectivity index (χ4v) is 3.86. The minimum absolute atomic E-state index is 0.0332. The van der Waals surface area contributed by atoms with Gasteiger partial charge in [-0.05, 0) is 30.7 Å². The molecule has 2 aromatic rings. The van der Waals surface area contributed by atoms with E-state index in [4.69, 9.17) is 21.1 Å². The summed E-state index contributed by atoms with van der Waals surface area (Å²) in [4.78, 5) is 12.5. The van der Waals surface area contributed by atoms with Crippen LogP contribution in [0.25, 0.3) is 0 Å². The van der Waals surface area contributed by atoms with E-state index >= 15 is 0 Å². The van der Waals surface area contributed by atoms with Gasteiger partial charge in [0.05, 0.1) is 19.3 Å². The van der Waals surface area contributed by atoms with Crippen LogP contribution >= 0.6 is 11.6 Å². The van der Waals surface area contributed by atoms with E-state index in [-0.39, 0.29) is 23.7 Å². The van der Waals surface area contributed by atoms with E-state index < -0.39 is 17.5 Å². The molecule has 1 aliphatic heterocycles. The Morgan fingerprint density at radius 2 is 1.86 bits per heavy atom. The number of rotatable bonds is 5. The highest BCUT2D eigenvalue weighted by molar-refractivity contribution is 6.30. The van der Waals surface area contributed by atoms with Crippen molar-refractivity contribution in [2.45, 2.75) is 51.4 Å². The van der Waals surface area contributed by atoms with Crippen LogP contribution in [0.2, 0.25) is 5.02 Å². The Morgan fingerprint density at radius 1 is 1.21 bits per heavy atom. The number of nitrogens with one attached hydrogen (secondary N) is 1. The molecule has 4 nitrogen and oxygen atoms in total. The van der Waals surface area contributed by atoms with Crippen molar-refractivity contribution in [3.63, 3.8) is 0 Å². The van der Waals surface area contributed by atoms with Crippen molar-refractivity contribution >= 4 is 17.5 Å². The van der Waals surface area contributed by atoms with E-state index in [0.29, 0.717) is 23.4 Å². The topological polar surface area (TPSA) is 47.6 Å². The van der Waals surface area contributed by atoms with Crippen LogP contribution < -0.4 is 10.1 Å². The third-order valence-electron chi connectivity index (χ3n) is 5.35. The lowest BCUT2D eigenvalue weighted by atomic mass is 9.81. The van der Waals surface area contributed by atoms with Gasteiger partial charge in [-0.1, -0.05) is 49.7 Å². The zero-order chi connectivity index (χ0) is 21.2. The summed E-state index contributed by atoms with van der Waals surface area (Å²) in [6.45, 7) is 5.70. The van der Waals surface area contributed by atoms with Crippen molar-refractivity contribution in [1.29, 1.82) is 0 Å². The second kappa shape index (κ2) is 8.72. The van der Waals surface area contributed by atoms with Gasteiger partial charge in [-0.2, -0.15) is 0 Å². The summed E-state index contributed by atoms with van der Waals surface area (Å²) in [6, 6.07) is 12.5. The minimum atomic E-state index is -0.551. The molecule has 0 unspecified atom stereocenters. The number of methoxy groups -OCH3 is 1. The Hall–Kier alpha value is -2.11. The zero-order valence-corrected chi connectivity index (χ0v) is 17.9. The largest absolute Gasteiger partial charge is 0.494 e. The van der Waals surface area contributed by atoms with Gasteiger partial charge in [0.1, 0.15) is 0 Å². The molecule has 1 fully saturated rings. The molecule has 0 aliphatic carbocycles. The Labute approximate surface area is 176 Å². The third-order valence-corrected chi connectivity index (χ3v) is 5.60. The lowest BCUT2D eigenvalue weighted by Gasteiger charge is -2.43. The van der Waals surface area contributed by atoms with E-state index in [9.17, 15) is 9.18 Å². The average molecular weight is 420 g/mol. The number of amides is 1. The van der Waals surface area contributed by atoms with Gasteiger partial charge in [0, 0.05) is 34.9 Å². The highest BCUT2D eigenvalue weighted by Crippen LogP contribution is 2.45. The fraction of sp³-hybridized carbons (Fsp3) is 0.435. The first kappa shape index (κ1) is 21.6. The van der Waals surface area contributed by atoms with Crippen molar-refractivity contribution < 1.29 is 18.7 Å². The molecule has 0 radical (unpaired) electrons. The van der Waals surface area contributed by atoms with E-state index in [1.807, 2.05) is 32.9 Å². The Balaban J connectivity index is 1.97. The quantitative estimate of drug-likeness (QED) is 0.685. The minimum Gasteiger partial charge on any atom is -0.494 e. The molecule has 1 aliphatic rings. The van der Waals surface area contributed by atoms with E-state index in [1.165, 1.54) is 7.11 Å². The van der Waals surface area contributed by atoms with Crippen molar-refractivity contribution in [1.82, 2.24) is 5.32 Å². The first-order chi connectivity index (χ1) is 13.7. The number of hydrogen-bond acceptors (Lipinski definition) is 3. The molecule has 0 saturated carbocycles. The van der Waals surface area contributed by atoms with Crippen LogP contribution in [0, 0.1) is 11.7 Å². The standard InChI is InChI=1S/C23H27ClFNO3/c1-14(2)22(27)26-23(3)12-19(15-8-10-16(24)11-9-15)29-20(13-23)17-6-5-7-18(28-4)21(17)25/h5-11,14,19-20H,12-13H2,1-4H3,(H,26,27)/t19-,20+,23-/m0/s1. The Morgan fingerprint density at radius 3 is 2.48 bits per heavy atom. The van der Waals surface area contributed by atoms with Crippen LogP contribution in [0.1, 0.15) is 56.9 Å². The lowest BCUT2D eigenvalue weighted by Crippen LogP contribution is -2.52. The molecule has 0 bridgehead atoms. The molecule has 1 amide bonds. The number of benzene rings is 2. The normalized spacial score (nSPS) is 24.4. The lowest BCUT2D eigenvalue weighted by molar-refractivity contribution is -0.131. The average Bonchev–Trinajstić information content (AvgIpc) is 2.67. The molecule has 1 N–H and O–H groups in total. The van der Waals surface area contributed by atoms with Crippen molar-refractivity contribution in [2.75, 3.05) is 7.11 Å². The van der Waals surface area contributed by atoms with Gasteiger partial charge in [0.15, 0.2) is 11.6 Å². The molecule has 0 spiro atoms. The molecule has 156 valence electrons. The summed E-state index contributed by atoms with van der Waals surface area (Å²) in [6.07, 6.45) is 0.195. The van der Waals surface area contributed by atoms with Crippen molar-refractivity contribution in [2.24, 2.45) is 5.92 Å². The van der Waals surface area contributed by atoms with E-state index in [0.717, 1.165) is 5.56 Å². The predicted octanol–water partition coefficient (Wildman–Crippen LogP) is 5.61. The summed E-state index contributed by atoms with van der Waals surface area (Å²) in [5, 5.41) is 3.79. The molecular formula is C23H27ClFNO3. The number of ether oxygens (including phenoxy) is 2. The smallest absolute Gasteiger partial charge is 0.222 e. The second-order valence-corrected chi connectivity index (χ2v) is 8.58. The zero-order valence-electron chi connectivity index (χ0n) is 17.2. The molecule has 0 aromatic heterocycles. The maximum atomic E-state index is 15.0. The van der Waals surface area contributed by atoms with Gasteiger partial charge >= 0.3 is 0 Å². The summed E-state index contributed by atoms with van der Waals surface area (Å²) in [5.41, 5.74) is 0.810.